The van der Waals surface area contributed by atoms with Crippen LogP contribution in [0.3, 0.4) is 0 Å². The van der Waals surface area contributed by atoms with Gasteiger partial charge in [-0.1, -0.05) is 13.0 Å². The highest BCUT2D eigenvalue weighted by Crippen LogP contribution is 2.18. The molecule has 142 valence electrons. The Morgan fingerprint density at radius 1 is 1.35 bits per heavy atom. The minimum atomic E-state index is -0.184. The van der Waals surface area contributed by atoms with Gasteiger partial charge in [-0.15, -0.1) is 0 Å². The van der Waals surface area contributed by atoms with Crippen LogP contribution in [0.4, 0.5) is 10.5 Å². The highest BCUT2D eigenvalue weighted by molar-refractivity contribution is 5.96. The van der Waals surface area contributed by atoms with Crippen molar-refractivity contribution in [3.05, 3.63) is 41.0 Å². The topological polar surface area (TPSA) is 70.7 Å². The summed E-state index contributed by atoms with van der Waals surface area (Å²) in [5.41, 5.74) is 3.26. The third kappa shape index (κ3) is 5.59. The van der Waals surface area contributed by atoms with Crippen LogP contribution in [0.25, 0.3) is 0 Å². The SMILES string of the molecule is CCC(C)NC(=O)c1ccc(NC(=O)N(C)CC2=CCCOC2)c(C)c1. The van der Waals surface area contributed by atoms with Gasteiger partial charge in [0.2, 0.25) is 0 Å². The van der Waals surface area contributed by atoms with Gasteiger partial charge in [0.15, 0.2) is 0 Å². The first-order valence-electron chi connectivity index (χ1n) is 9.10. The zero-order valence-electron chi connectivity index (χ0n) is 16.1. The number of urea groups is 1. The molecule has 0 saturated heterocycles. The number of carbonyl (C=O) groups excluding carboxylic acids is 2. The molecule has 0 radical (unpaired) electrons. The quantitative estimate of drug-likeness (QED) is 0.766. The standard InChI is InChI=1S/C20H29N3O3/c1-5-15(3)21-19(24)17-8-9-18(14(2)11-17)22-20(25)23(4)12-16-7-6-10-26-13-16/h7-9,11,15H,5-6,10,12-13H2,1-4H3,(H,21,24)(H,22,25). The van der Waals surface area contributed by atoms with E-state index in [4.69, 9.17) is 4.74 Å². The van der Waals surface area contributed by atoms with Crippen LogP contribution in [0, 0.1) is 6.92 Å². The van der Waals surface area contributed by atoms with E-state index >= 15 is 0 Å². The molecule has 0 fully saturated rings. The van der Waals surface area contributed by atoms with E-state index in [-0.39, 0.29) is 18.0 Å². The number of amides is 3. The molecule has 0 spiro atoms. The van der Waals surface area contributed by atoms with Crippen molar-refractivity contribution in [1.82, 2.24) is 10.2 Å². The molecule has 3 amide bonds. The molecular formula is C20H29N3O3. The van der Waals surface area contributed by atoms with Gasteiger partial charge in [0.25, 0.3) is 5.91 Å². The Kier molecular flexibility index (Phi) is 7.21. The normalized spacial score (nSPS) is 15.0. The molecule has 1 aliphatic rings. The number of carbonyl (C=O) groups is 2. The monoisotopic (exact) mass is 359 g/mol. The largest absolute Gasteiger partial charge is 0.377 e. The first-order valence-corrected chi connectivity index (χ1v) is 9.10. The van der Waals surface area contributed by atoms with Crippen molar-refractivity contribution in [3.63, 3.8) is 0 Å². The highest BCUT2D eigenvalue weighted by atomic mass is 16.5. The Morgan fingerprint density at radius 3 is 2.73 bits per heavy atom. The van der Waals surface area contributed by atoms with E-state index in [1.807, 2.05) is 20.8 Å². The zero-order valence-corrected chi connectivity index (χ0v) is 16.1. The van der Waals surface area contributed by atoms with Crippen molar-refractivity contribution in [2.45, 2.75) is 39.7 Å². The summed E-state index contributed by atoms with van der Waals surface area (Å²) >= 11 is 0. The first kappa shape index (κ1) is 20.0. The van der Waals surface area contributed by atoms with Gasteiger partial charge in [0.1, 0.15) is 0 Å². The minimum absolute atomic E-state index is 0.0957. The molecule has 2 rings (SSSR count). The highest BCUT2D eigenvalue weighted by Gasteiger charge is 2.15. The van der Waals surface area contributed by atoms with Crippen LogP contribution in [-0.2, 0) is 4.74 Å². The summed E-state index contributed by atoms with van der Waals surface area (Å²) in [6.45, 7) is 7.75. The fourth-order valence-corrected chi connectivity index (χ4v) is 2.66. The number of rotatable bonds is 6. The summed E-state index contributed by atoms with van der Waals surface area (Å²) < 4.78 is 5.41. The molecule has 1 atom stereocenters. The van der Waals surface area contributed by atoms with Gasteiger partial charge in [0, 0.05) is 30.9 Å². The predicted molar refractivity (Wildman–Crippen MR) is 104 cm³/mol. The number of benzene rings is 1. The van der Waals surface area contributed by atoms with Crippen molar-refractivity contribution in [3.8, 4) is 0 Å². The molecule has 2 N–H and O–H groups in total. The summed E-state index contributed by atoms with van der Waals surface area (Å²) in [7, 11) is 1.76. The molecule has 0 saturated carbocycles. The predicted octanol–water partition coefficient (Wildman–Crippen LogP) is 3.33. The number of likely N-dealkylation sites (N-methyl/N-ethyl adjacent to an activating group) is 1. The van der Waals surface area contributed by atoms with Crippen LogP contribution in [0.2, 0.25) is 0 Å². The fraction of sp³-hybridized carbons (Fsp3) is 0.500. The van der Waals surface area contributed by atoms with E-state index in [9.17, 15) is 9.59 Å². The Labute approximate surface area is 155 Å². The van der Waals surface area contributed by atoms with Crippen molar-refractivity contribution >= 4 is 17.6 Å². The number of anilines is 1. The van der Waals surface area contributed by atoms with E-state index in [0.717, 1.165) is 30.6 Å². The molecule has 6 heteroatoms. The summed E-state index contributed by atoms with van der Waals surface area (Å²) in [6, 6.07) is 5.25. The van der Waals surface area contributed by atoms with E-state index < -0.39 is 0 Å². The molecule has 1 aliphatic heterocycles. The average molecular weight is 359 g/mol. The summed E-state index contributed by atoms with van der Waals surface area (Å²) in [4.78, 5) is 26.2. The lowest BCUT2D eigenvalue weighted by atomic mass is 10.1. The van der Waals surface area contributed by atoms with Crippen molar-refractivity contribution in [2.75, 3.05) is 32.1 Å². The number of nitrogens with one attached hydrogen (secondary N) is 2. The Bertz CT molecular complexity index is 685. The maximum absolute atomic E-state index is 12.4. The van der Waals surface area contributed by atoms with Gasteiger partial charge >= 0.3 is 6.03 Å². The Morgan fingerprint density at radius 2 is 2.12 bits per heavy atom. The first-order chi connectivity index (χ1) is 12.4. The molecular weight excluding hydrogens is 330 g/mol. The molecule has 1 unspecified atom stereocenters. The number of nitrogens with zero attached hydrogens (tertiary/aromatic N) is 1. The van der Waals surface area contributed by atoms with Crippen molar-refractivity contribution < 1.29 is 14.3 Å². The molecule has 1 aromatic carbocycles. The van der Waals surface area contributed by atoms with Crippen LogP contribution in [0.1, 0.15) is 42.6 Å². The van der Waals surface area contributed by atoms with Crippen LogP contribution in [0.5, 0.6) is 0 Å². The molecule has 1 aromatic rings. The van der Waals surface area contributed by atoms with E-state index in [0.29, 0.717) is 24.4 Å². The Hall–Kier alpha value is -2.34. The maximum Gasteiger partial charge on any atom is 0.321 e. The second-order valence-corrected chi connectivity index (χ2v) is 6.80. The lowest BCUT2D eigenvalue weighted by Gasteiger charge is -2.22. The summed E-state index contributed by atoms with van der Waals surface area (Å²) in [5.74, 6) is -0.0957. The molecule has 0 aromatic heterocycles. The van der Waals surface area contributed by atoms with Gasteiger partial charge in [-0.3, -0.25) is 4.79 Å². The van der Waals surface area contributed by atoms with Gasteiger partial charge in [-0.25, -0.2) is 4.79 Å². The second-order valence-electron chi connectivity index (χ2n) is 6.80. The third-order valence-electron chi connectivity index (χ3n) is 4.49. The zero-order chi connectivity index (χ0) is 19.1. The Balaban J connectivity index is 1.97. The second kappa shape index (κ2) is 9.38. The molecule has 6 nitrogen and oxygen atoms in total. The van der Waals surface area contributed by atoms with Gasteiger partial charge in [-0.05, 0) is 56.0 Å². The summed E-state index contributed by atoms with van der Waals surface area (Å²) in [6.07, 6.45) is 3.90. The molecule has 1 heterocycles. The van der Waals surface area contributed by atoms with E-state index in [1.54, 1.807) is 30.1 Å². The number of hydrogen-bond acceptors (Lipinski definition) is 3. The van der Waals surface area contributed by atoms with Gasteiger partial charge < -0.3 is 20.3 Å². The maximum atomic E-state index is 12.4. The van der Waals surface area contributed by atoms with Crippen LogP contribution < -0.4 is 10.6 Å². The number of ether oxygens (including phenoxy) is 1. The molecule has 0 bridgehead atoms. The fourth-order valence-electron chi connectivity index (χ4n) is 2.66. The molecule has 0 aliphatic carbocycles. The van der Waals surface area contributed by atoms with Crippen molar-refractivity contribution in [1.29, 1.82) is 0 Å². The van der Waals surface area contributed by atoms with Crippen molar-refractivity contribution in [2.24, 2.45) is 0 Å². The van der Waals surface area contributed by atoms with Crippen LogP contribution in [0.15, 0.2) is 29.8 Å². The smallest absolute Gasteiger partial charge is 0.321 e. The minimum Gasteiger partial charge on any atom is -0.377 e. The van der Waals surface area contributed by atoms with E-state index in [1.165, 1.54) is 0 Å². The summed E-state index contributed by atoms with van der Waals surface area (Å²) in [5, 5.41) is 5.85. The van der Waals surface area contributed by atoms with Crippen LogP contribution >= 0.6 is 0 Å². The lowest BCUT2D eigenvalue weighted by Crippen LogP contribution is -2.34. The molecule has 26 heavy (non-hydrogen) atoms. The average Bonchev–Trinajstić information content (AvgIpc) is 2.63. The van der Waals surface area contributed by atoms with E-state index in [2.05, 4.69) is 16.7 Å². The number of aryl methyl sites for hydroxylation is 1. The lowest BCUT2D eigenvalue weighted by molar-refractivity contribution is 0.0939. The third-order valence-corrected chi connectivity index (χ3v) is 4.49. The van der Waals surface area contributed by atoms with Crippen LogP contribution in [-0.4, -0.2) is 49.7 Å². The van der Waals surface area contributed by atoms with Gasteiger partial charge in [-0.2, -0.15) is 0 Å². The van der Waals surface area contributed by atoms with Gasteiger partial charge in [0.05, 0.1) is 13.2 Å². The number of hydrogen-bond donors (Lipinski definition) is 2.